The Morgan fingerprint density at radius 2 is 2.00 bits per heavy atom. The van der Waals surface area contributed by atoms with Crippen molar-refractivity contribution in [3.05, 3.63) is 28.8 Å². The van der Waals surface area contributed by atoms with Gasteiger partial charge < -0.3 is 9.47 Å². The molecule has 0 spiro atoms. The van der Waals surface area contributed by atoms with E-state index in [0.29, 0.717) is 11.4 Å². The first-order chi connectivity index (χ1) is 10.5. The average Bonchev–Trinajstić information content (AvgIpc) is 2.48. The molecule has 22 heavy (non-hydrogen) atoms. The fourth-order valence-corrected chi connectivity index (χ4v) is 4.08. The van der Waals surface area contributed by atoms with Crippen LogP contribution in [0.15, 0.2) is 23.1 Å². The summed E-state index contributed by atoms with van der Waals surface area (Å²) in [6.07, 6.45) is 0.510. The summed E-state index contributed by atoms with van der Waals surface area (Å²) in [5.41, 5.74) is -0.240. The van der Waals surface area contributed by atoms with Gasteiger partial charge >= 0.3 is 11.9 Å². The van der Waals surface area contributed by atoms with E-state index in [0.717, 1.165) is 16.2 Å². The molecule has 1 atom stereocenters. The summed E-state index contributed by atoms with van der Waals surface area (Å²) in [6.45, 7) is 4.06. The van der Waals surface area contributed by atoms with Crippen molar-refractivity contribution >= 4 is 35.3 Å². The van der Waals surface area contributed by atoms with Crippen molar-refractivity contribution in [1.82, 2.24) is 0 Å². The molecule has 1 aliphatic rings. The molecule has 1 aromatic carbocycles. The van der Waals surface area contributed by atoms with E-state index < -0.39 is 11.4 Å². The summed E-state index contributed by atoms with van der Waals surface area (Å²) < 4.78 is 10.3. The Morgan fingerprint density at radius 1 is 1.27 bits per heavy atom. The minimum absolute atomic E-state index is 0.0203. The zero-order valence-corrected chi connectivity index (χ0v) is 14.3. The molecule has 2 rings (SSSR count). The predicted molar refractivity (Wildman–Crippen MR) is 86.4 cm³/mol. The van der Waals surface area contributed by atoms with Gasteiger partial charge in [0, 0.05) is 9.92 Å². The van der Waals surface area contributed by atoms with E-state index in [1.807, 2.05) is 6.07 Å². The molecule has 120 valence electrons. The Labute approximate surface area is 139 Å². The van der Waals surface area contributed by atoms with Crippen molar-refractivity contribution in [2.75, 3.05) is 19.0 Å². The van der Waals surface area contributed by atoms with Crippen molar-refractivity contribution in [3.63, 3.8) is 0 Å². The van der Waals surface area contributed by atoms with Crippen LogP contribution in [0.5, 0.6) is 0 Å². The highest BCUT2D eigenvalue weighted by Crippen LogP contribution is 2.46. The molecule has 0 radical (unpaired) electrons. The largest absolute Gasteiger partial charge is 0.466 e. The van der Waals surface area contributed by atoms with Crippen LogP contribution in [0.25, 0.3) is 0 Å². The summed E-state index contributed by atoms with van der Waals surface area (Å²) in [7, 11) is 0. The van der Waals surface area contributed by atoms with Gasteiger partial charge in [-0.15, -0.1) is 11.8 Å². The number of benzene rings is 1. The molecule has 0 fully saturated rings. The third-order valence-electron chi connectivity index (χ3n) is 3.66. The van der Waals surface area contributed by atoms with Gasteiger partial charge in [0.15, 0.2) is 0 Å². The molecule has 1 aliphatic heterocycles. The van der Waals surface area contributed by atoms with Gasteiger partial charge in [0.05, 0.1) is 19.6 Å². The maximum Gasteiger partial charge on any atom is 0.317 e. The Bertz CT molecular complexity index is 575. The third-order valence-corrected chi connectivity index (χ3v) is 4.97. The SMILES string of the molecule is CCOC(=O)CC1(C(=O)OCC)CCSc2ccc(Cl)cc21. The molecule has 0 aliphatic carbocycles. The van der Waals surface area contributed by atoms with Gasteiger partial charge in [0.2, 0.25) is 0 Å². The molecule has 1 heterocycles. The highest BCUT2D eigenvalue weighted by Gasteiger charge is 2.47. The number of carbonyl (C=O) groups excluding carboxylic acids is 2. The number of hydrogen-bond acceptors (Lipinski definition) is 5. The summed E-state index contributed by atoms with van der Waals surface area (Å²) in [4.78, 5) is 25.7. The number of halogens is 1. The number of thioether (sulfide) groups is 1. The van der Waals surface area contributed by atoms with Gasteiger partial charge in [0.25, 0.3) is 0 Å². The van der Waals surface area contributed by atoms with Crippen LogP contribution in [-0.4, -0.2) is 30.9 Å². The number of esters is 2. The van der Waals surface area contributed by atoms with Crippen LogP contribution >= 0.6 is 23.4 Å². The van der Waals surface area contributed by atoms with Gasteiger partial charge in [-0.1, -0.05) is 11.6 Å². The smallest absolute Gasteiger partial charge is 0.317 e. The molecule has 4 nitrogen and oxygen atoms in total. The Morgan fingerprint density at radius 3 is 2.68 bits per heavy atom. The fourth-order valence-electron chi connectivity index (χ4n) is 2.67. The lowest BCUT2D eigenvalue weighted by Gasteiger charge is -2.35. The number of ether oxygens (including phenoxy) is 2. The third kappa shape index (κ3) is 3.41. The quantitative estimate of drug-likeness (QED) is 0.765. The van der Waals surface area contributed by atoms with E-state index >= 15 is 0 Å². The van der Waals surface area contributed by atoms with Crippen LogP contribution < -0.4 is 0 Å². The summed E-state index contributed by atoms with van der Waals surface area (Å²) >= 11 is 7.76. The second-order valence-corrected chi connectivity index (χ2v) is 6.60. The normalized spacial score (nSPS) is 20.1. The van der Waals surface area contributed by atoms with Gasteiger partial charge in [-0.25, -0.2) is 0 Å². The molecule has 1 unspecified atom stereocenters. The number of rotatable bonds is 5. The van der Waals surface area contributed by atoms with Crippen LogP contribution in [0.1, 0.15) is 32.3 Å². The maximum absolute atomic E-state index is 12.7. The van der Waals surface area contributed by atoms with Gasteiger partial charge in [-0.2, -0.15) is 0 Å². The molecular weight excluding hydrogens is 324 g/mol. The topological polar surface area (TPSA) is 52.6 Å². The number of hydrogen-bond donors (Lipinski definition) is 0. The fraction of sp³-hybridized carbons (Fsp3) is 0.500. The highest BCUT2D eigenvalue weighted by molar-refractivity contribution is 7.99. The lowest BCUT2D eigenvalue weighted by atomic mass is 9.75. The number of fused-ring (bicyclic) bond motifs is 1. The van der Waals surface area contributed by atoms with E-state index in [2.05, 4.69) is 0 Å². The highest BCUT2D eigenvalue weighted by atomic mass is 35.5. The van der Waals surface area contributed by atoms with E-state index in [4.69, 9.17) is 21.1 Å². The first-order valence-corrected chi connectivity index (χ1v) is 8.65. The molecule has 0 aromatic heterocycles. The summed E-state index contributed by atoms with van der Waals surface area (Å²) in [5, 5.41) is 0.541. The Kier molecular flexibility index (Phi) is 5.75. The van der Waals surface area contributed by atoms with Crippen LogP contribution in [0, 0.1) is 0 Å². The molecule has 0 amide bonds. The van der Waals surface area contributed by atoms with Crippen LogP contribution in [0.2, 0.25) is 5.02 Å². The summed E-state index contributed by atoms with van der Waals surface area (Å²) in [5.74, 6) is -0.0346. The first-order valence-electron chi connectivity index (χ1n) is 7.29. The molecule has 1 aromatic rings. The minimum atomic E-state index is -1.01. The van der Waals surface area contributed by atoms with Crippen molar-refractivity contribution in [2.24, 2.45) is 0 Å². The van der Waals surface area contributed by atoms with Gasteiger partial charge in [-0.05, 0) is 49.8 Å². The van der Waals surface area contributed by atoms with Crippen molar-refractivity contribution in [1.29, 1.82) is 0 Å². The summed E-state index contributed by atoms with van der Waals surface area (Å²) in [6, 6.07) is 5.44. The molecular formula is C16H19ClO4S. The molecule has 0 bridgehead atoms. The maximum atomic E-state index is 12.7. The molecule has 0 saturated carbocycles. The van der Waals surface area contributed by atoms with E-state index in [1.165, 1.54) is 0 Å². The predicted octanol–water partition coefficient (Wildman–Crippen LogP) is 3.59. The van der Waals surface area contributed by atoms with Gasteiger partial charge in [-0.3, -0.25) is 9.59 Å². The standard InChI is InChI=1S/C16H19ClO4S/c1-3-20-14(18)10-16(15(19)21-4-2)7-8-22-13-6-5-11(17)9-12(13)16/h5-6,9H,3-4,7-8,10H2,1-2H3. The van der Waals surface area contributed by atoms with Crippen molar-refractivity contribution < 1.29 is 19.1 Å². The molecule has 0 N–H and O–H groups in total. The lowest BCUT2D eigenvalue weighted by molar-refractivity contribution is -0.157. The minimum Gasteiger partial charge on any atom is -0.466 e. The van der Waals surface area contributed by atoms with E-state index in [1.54, 1.807) is 37.7 Å². The number of carbonyl (C=O) groups is 2. The lowest BCUT2D eigenvalue weighted by Crippen LogP contribution is -2.42. The molecule has 6 heteroatoms. The zero-order chi connectivity index (χ0) is 16.2. The van der Waals surface area contributed by atoms with E-state index in [9.17, 15) is 9.59 Å². The second-order valence-electron chi connectivity index (χ2n) is 5.02. The van der Waals surface area contributed by atoms with Crippen molar-refractivity contribution in [2.45, 2.75) is 37.0 Å². The van der Waals surface area contributed by atoms with Crippen molar-refractivity contribution in [3.8, 4) is 0 Å². The monoisotopic (exact) mass is 342 g/mol. The van der Waals surface area contributed by atoms with Crippen LogP contribution in [0.4, 0.5) is 0 Å². The first kappa shape index (κ1) is 17.2. The average molecular weight is 343 g/mol. The van der Waals surface area contributed by atoms with Gasteiger partial charge in [0.1, 0.15) is 5.41 Å². The second kappa shape index (κ2) is 7.38. The Balaban J connectivity index is 2.48. The van der Waals surface area contributed by atoms with Crippen LogP contribution in [0.3, 0.4) is 0 Å². The van der Waals surface area contributed by atoms with Crippen LogP contribution in [-0.2, 0) is 24.5 Å². The zero-order valence-electron chi connectivity index (χ0n) is 12.7. The molecule has 0 saturated heterocycles. The Hall–Kier alpha value is -1.20. The van der Waals surface area contributed by atoms with E-state index in [-0.39, 0.29) is 25.6 Å².